The molecule has 23 heavy (non-hydrogen) atoms. The molecule has 1 unspecified atom stereocenters. The molecule has 2 N–H and O–H groups in total. The van der Waals surface area contributed by atoms with Gasteiger partial charge in [-0.25, -0.2) is 4.79 Å². The summed E-state index contributed by atoms with van der Waals surface area (Å²) in [6.45, 7) is 0.590. The van der Waals surface area contributed by atoms with Crippen LogP contribution in [0.2, 0.25) is 5.02 Å². The molecule has 0 bridgehead atoms. The van der Waals surface area contributed by atoms with Gasteiger partial charge in [-0.15, -0.1) is 0 Å². The maximum atomic E-state index is 12.4. The van der Waals surface area contributed by atoms with E-state index in [1.807, 2.05) is 0 Å². The first-order valence-electron chi connectivity index (χ1n) is 7.63. The van der Waals surface area contributed by atoms with Crippen molar-refractivity contribution in [2.45, 2.75) is 25.3 Å². The predicted octanol–water partition coefficient (Wildman–Crippen LogP) is 2.42. The molecule has 0 aromatic heterocycles. The van der Waals surface area contributed by atoms with E-state index in [4.69, 9.17) is 11.6 Å². The molecule has 0 radical (unpaired) electrons. The van der Waals surface area contributed by atoms with Gasteiger partial charge in [-0.1, -0.05) is 11.6 Å². The van der Waals surface area contributed by atoms with Gasteiger partial charge in [-0.2, -0.15) is 0 Å². The molecule has 3 amide bonds. The summed E-state index contributed by atoms with van der Waals surface area (Å²) in [5.41, 5.74) is 0.915. The molecule has 1 aromatic rings. The number of hydrogen-bond acceptors (Lipinski definition) is 3. The van der Waals surface area contributed by atoms with Crippen LogP contribution in [-0.4, -0.2) is 60.1 Å². The number of aliphatic hydroxyl groups is 1. The Bertz CT molecular complexity index is 592. The third kappa shape index (κ3) is 4.14. The van der Waals surface area contributed by atoms with E-state index in [1.165, 1.54) is 4.90 Å². The second kappa shape index (κ2) is 7.66. The van der Waals surface area contributed by atoms with E-state index in [0.717, 1.165) is 19.3 Å². The number of piperidine rings is 1. The minimum atomic E-state index is -0.258. The van der Waals surface area contributed by atoms with Crippen LogP contribution >= 0.6 is 11.6 Å². The summed E-state index contributed by atoms with van der Waals surface area (Å²) >= 11 is 6.14. The third-order valence-electron chi connectivity index (χ3n) is 3.96. The standard InChI is InChI=1S/C16H22ClN3O3/c1-19(2)15(22)13-7-6-11(9-14(13)17)18-16(23)20-8-4-3-5-12(20)10-21/h6-7,9,12,21H,3-5,8,10H2,1-2H3,(H,18,23). The van der Waals surface area contributed by atoms with E-state index in [0.29, 0.717) is 22.8 Å². The summed E-state index contributed by atoms with van der Waals surface area (Å²) in [4.78, 5) is 27.4. The van der Waals surface area contributed by atoms with Crippen molar-refractivity contribution in [3.05, 3.63) is 28.8 Å². The number of nitrogens with zero attached hydrogens (tertiary/aromatic N) is 2. The van der Waals surface area contributed by atoms with Gasteiger partial charge < -0.3 is 20.2 Å². The van der Waals surface area contributed by atoms with Crippen LogP contribution in [0.25, 0.3) is 0 Å². The molecule has 126 valence electrons. The topological polar surface area (TPSA) is 72.9 Å². The Labute approximate surface area is 141 Å². The normalized spacial score (nSPS) is 17.7. The Morgan fingerprint density at radius 3 is 2.74 bits per heavy atom. The zero-order chi connectivity index (χ0) is 17.0. The molecule has 1 aliphatic heterocycles. The lowest BCUT2D eigenvalue weighted by Crippen LogP contribution is -2.47. The number of carbonyl (C=O) groups is 2. The van der Waals surface area contributed by atoms with E-state index in [2.05, 4.69) is 5.32 Å². The molecule has 1 aromatic carbocycles. The number of urea groups is 1. The number of nitrogens with one attached hydrogen (secondary N) is 1. The van der Waals surface area contributed by atoms with Crippen LogP contribution in [0.4, 0.5) is 10.5 Å². The average Bonchev–Trinajstić information content (AvgIpc) is 2.54. The van der Waals surface area contributed by atoms with Crippen molar-refractivity contribution in [3.63, 3.8) is 0 Å². The number of hydrogen-bond donors (Lipinski definition) is 2. The maximum absolute atomic E-state index is 12.4. The van der Waals surface area contributed by atoms with Crippen LogP contribution in [0.15, 0.2) is 18.2 Å². The number of carbonyl (C=O) groups excluding carboxylic acids is 2. The monoisotopic (exact) mass is 339 g/mol. The number of rotatable bonds is 3. The first-order chi connectivity index (χ1) is 10.9. The number of halogens is 1. The molecule has 0 aliphatic carbocycles. The molecular formula is C16H22ClN3O3. The van der Waals surface area contributed by atoms with Gasteiger partial charge in [0.2, 0.25) is 0 Å². The van der Waals surface area contributed by atoms with Crippen molar-refractivity contribution in [1.29, 1.82) is 0 Å². The van der Waals surface area contributed by atoms with Crippen molar-refractivity contribution in [1.82, 2.24) is 9.80 Å². The second-order valence-corrected chi connectivity index (χ2v) is 6.26. The number of amides is 3. The van der Waals surface area contributed by atoms with Gasteiger partial charge >= 0.3 is 6.03 Å². The summed E-state index contributed by atoms with van der Waals surface area (Å²) in [7, 11) is 3.31. The van der Waals surface area contributed by atoms with E-state index < -0.39 is 0 Å². The Morgan fingerprint density at radius 1 is 1.39 bits per heavy atom. The van der Waals surface area contributed by atoms with Crippen molar-refractivity contribution in [3.8, 4) is 0 Å². The van der Waals surface area contributed by atoms with Crippen LogP contribution in [-0.2, 0) is 0 Å². The highest BCUT2D eigenvalue weighted by molar-refractivity contribution is 6.34. The SMILES string of the molecule is CN(C)C(=O)c1ccc(NC(=O)N2CCCCC2CO)cc1Cl. The van der Waals surface area contributed by atoms with Gasteiger partial charge in [-0.05, 0) is 37.5 Å². The molecule has 6 nitrogen and oxygen atoms in total. The van der Waals surface area contributed by atoms with Gasteiger partial charge in [0.25, 0.3) is 5.91 Å². The zero-order valence-corrected chi connectivity index (χ0v) is 14.1. The molecule has 1 aliphatic rings. The molecule has 2 rings (SSSR count). The fraction of sp³-hybridized carbons (Fsp3) is 0.500. The lowest BCUT2D eigenvalue weighted by atomic mass is 10.0. The van der Waals surface area contributed by atoms with Gasteiger partial charge in [0.15, 0.2) is 0 Å². The zero-order valence-electron chi connectivity index (χ0n) is 13.4. The Kier molecular flexibility index (Phi) is 5.85. The van der Waals surface area contributed by atoms with Crippen LogP contribution in [0.5, 0.6) is 0 Å². The molecule has 1 saturated heterocycles. The summed E-state index contributed by atoms with van der Waals surface area (Å²) in [5, 5.41) is 12.5. The second-order valence-electron chi connectivity index (χ2n) is 5.85. The number of benzene rings is 1. The first-order valence-corrected chi connectivity index (χ1v) is 8.01. The molecule has 7 heteroatoms. The Balaban J connectivity index is 2.09. The highest BCUT2D eigenvalue weighted by Gasteiger charge is 2.26. The van der Waals surface area contributed by atoms with Crippen molar-refractivity contribution < 1.29 is 14.7 Å². The fourth-order valence-corrected chi connectivity index (χ4v) is 2.92. The highest BCUT2D eigenvalue weighted by atomic mass is 35.5. The number of aliphatic hydroxyl groups excluding tert-OH is 1. The van der Waals surface area contributed by atoms with Crippen molar-refractivity contribution in [2.75, 3.05) is 32.6 Å². The van der Waals surface area contributed by atoms with Crippen LogP contribution in [0.3, 0.4) is 0 Å². The van der Waals surface area contributed by atoms with E-state index in [1.54, 1.807) is 37.2 Å². The smallest absolute Gasteiger partial charge is 0.322 e. The summed E-state index contributed by atoms with van der Waals surface area (Å²) in [6, 6.07) is 4.41. The molecule has 1 heterocycles. The quantitative estimate of drug-likeness (QED) is 0.888. The Morgan fingerprint density at radius 2 is 2.13 bits per heavy atom. The molecular weight excluding hydrogens is 318 g/mol. The average molecular weight is 340 g/mol. The van der Waals surface area contributed by atoms with Gasteiger partial charge in [0.1, 0.15) is 0 Å². The van der Waals surface area contributed by atoms with E-state index in [-0.39, 0.29) is 24.6 Å². The molecule has 1 fully saturated rings. The third-order valence-corrected chi connectivity index (χ3v) is 4.27. The summed E-state index contributed by atoms with van der Waals surface area (Å²) in [5.74, 6) is -0.191. The van der Waals surface area contributed by atoms with Crippen LogP contribution in [0, 0.1) is 0 Å². The molecule has 0 saturated carbocycles. The molecule has 1 atom stereocenters. The largest absolute Gasteiger partial charge is 0.394 e. The summed E-state index contributed by atoms with van der Waals surface area (Å²) in [6.07, 6.45) is 2.75. The number of likely N-dealkylation sites (tertiary alicyclic amines) is 1. The van der Waals surface area contributed by atoms with E-state index in [9.17, 15) is 14.7 Å². The lowest BCUT2D eigenvalue weighted by molar-refractivity contribution is 0.0828. The fourth-order valence-electron chi connectivity index (χ4n) is 2.66. The summed E-state index contributed by atoms with van der Waals surface area (Å²) < 4.78 is 0. The Hall–Kier alpha value is -1.79. The van der Waals surface area contributed by atoms with Crippen LogP contribution in [0.1, 0.15) is 29.6 Å². The van der Waals surface area contributed by atoms with Gasteiger partial charge in [0.05, 0.1) is 23.2 Å². The predicted molar refractivity (Wildman–Crippen MR) is 89.9 cm³/mol. The first kappa shape index (κ1) is 17.6. The molecule has 0 spiro atoms. The van der Waals surface area contributed by atoms with Gasteiger partial charge in [0, 0.05) is 26.3 Å². The highest BCUT2D eigenvalue weighted by Crippen LogP contribution is 2.23. The number of anilines is 1. The maximum Gasteiger partial charge on any atom is 0.322 e. The van der Waals surface area contributed by atoms with E-state index >= 15 is 0 Å². The van der Waals surface area contributed by atoms with Crippen molar-refractivity contribution >= 4 is 29.2 Å². The van der Waals surface area contributed by atoms with Gasteiger partial charge in [-0.3, -0.25) is 4.79 Å². The van der Waals surface area contributed by atoms with Crippen LogP contribution < -0.4 is 5.32 Å². The minimum absolute atomic E-state index is 0.0373. The lowest BCUT2D eigenvalue weighted by Gasteiger charge is -2.34. The van der Waals surface area contributed by atoms with Crippen molar-refractivity contribution in [2.24, 2.45) is 0 Å². The minimum Gasteiger partial charge on any atom is -0.394 e.